The molecular formula is C4H3O. The lowest BCUT2D eigenvalue weighted by Crippen LogP contribution is -1.75. The summed E-state index contributed by atoms with van der Waals surface area (Å²) < 4.78 is 0. The molecule has 0 bridgehead atoms. The summed E-state index contributed by atoms with van der Waals surface area (Å²) in [5.41, 5.74) is 0. The molecular weight excluding hydrogens is 64.0 g/mol. The zero-order valence-electron chi connectivity index (χ0n) is 2.69. The van der Waals surface area contributed by atoms with E-state index in [4.69, 9.17) is 0 Å². The van der Waals surface area contributed by atoms with Crippen LogP contribution in [0.3, 0.4) is 0 Å². The Balaban J connectivity index is 2.46. The van der Waals surface area contributed by atoms with Crippen molar-refractivity contribution in [3.63, 3.8) is 0 Å². The van der Waals surface area contributed by atoms with Crippen molar-refractivity contribution in [2.45, 2.75) is 6.42 Å². The summed E-state index contributed by atoms with van der Waals surface area (Å²) in [6.07, 6.45) is 1.14. The molecule has 0 aromatic rings. The minimum absolute atomic E-state index is 0.435. The Labute approximate surface area is 30.0 Å². The number of ketones is 1. The number of fused-ring (bicyclic) bond motifs is 1. The first-order chi connectivity index (χ1) is 2.39. The van der Waals surface area contributed by atoms with Gasteiger partial charge in [0.25, 0.3) is 0 Å². The Morgan fingerprint density at radius 2 is 2.20 bits per heavy atom. The van der Waals surface area contributed by atoms with E-state index in [1.165, 1.54) is 5.92 Å². The van der Waals surface area contributed by atoms with Gasteiger partial charge in [0, 0.05) is 5.92 Å². The quantitative estimate of drug-likeness (QED) is 0.394. The molecule has 0 aliphatic heterocycles. The minimum Gasteiger partial charge on any atom is -0.299 e. The first-order valence-corrected chi connectivity index (χ1v) is 1.79. The van der Waals surface area contributed by atoms with Gasteiger partial charge in [0.05, 0.1) is 5.92 Å². The lowest BCUT2D eigenvalue weighted by atomic mass is 10.4. The van der Waals surface area contributed by atoms with Gasteiger partial charge in [-0.15, -0.1) is 0 Å². The summed E-state index contributed by atoms with van der Waals surface area (Å²) in [6, 6.07) is 0. The van der Waals surface area contributed by atoms with E-state index in [1.54, 1.807) is 0 Å². The minimum atomic E-state index is 0.435. The molecule has 0 spiro atoms. The zero-order chi connectivity index (χ0) is 3.44. The fourth-order valence-electron chi connectivity index (χ4n) is 0.518. The molecule has 25 valence electrons. The Hall–Kier alpha value is -0.330. The largest absolute Gasteiger partial charge is 0.299 e. The number of Topliss-reactive ketones (excluding diaryl/α,β-unsaturated/α-hetero) is 1. The normalized spacial score (nSPS) is 44.8. The summed E-state index contributed by atoms with van der Waals surface area (Å²) in [5, 5.41) is 0. The number of carbonyl (C=O) groups is 1. The molecule has 1 heteroatoms. The van der Waals surface area contributed by atoms with Crippen molar-refractivity contribution in [1.82, 2.24) is 0 Å². The van der Waals surface area contributed by atoms with Gasteiger partial charge in [0.2, 0.25) is 0 Å². The molecule has 1 atom stereocenters. The van der Waals surface area contributed by atoms with E-state index < -0.39 is 0 Å². The van der Waals surface area contributed by atoms with Crippen molar-refractivity contribution >= 4 is 5.78 Å². The molecule has 0 aromatic carbocycles. The maximum absolute atomic E-state index is 9.90. The van der Waals surface area contributed by atoms with Gasteiger partial charge >= 0.3 is 0 Å². The van der Waals surface area contributed by atoms with E-state index in [1.807, 2.05) is 0 Å². The third-order valence-corrected chi connectivity index (χ3v) is 1.23. The van der Waals surface area contributed by atoms with Gasteiger partial charge in [0.1, 0.15) is 5.78 Å². The molecule has 2 aliphatic carbocycles. The monoisotopic (exact) mass is 67.0 g/mol. The van der Waals surface area contributed by atoms with Crippen LogP contribution in [0.4, 0.5) is 0 Å². The lowest BCUT2D eigenvalue weighted by molar-refractivity contribution is -0.112. The summed E-state index contributed by atoms with van der Waals surface area (Å²) in [7, 11) is 0. The van der Waals surface area contributed by atoms with E-state index in [-0.39, 0.29) is 0 Å². The first-order valence-electron chi connectivity index (χ1n) is 1.79. The summed E-state index contributed by atoms with van der Waals surface area (Å²) in [6.45, 7) is 0. The molecule has 0 saturated heterocycles. The van der Waals surface area contributed by atoms with Crippen LogP contribution in [0.1, 0.15) is 6.42 Å². The smallest absolute Gasteiger partial charge is 0.144 e. The average molecular weight is 67.1 g/mol. The van der Waals surface area contributed by atoms with Crippen LogP contribution in [0, 0.1) is 11.8 Å². The second kappa shape index (κ2) is 0.280. The van der Waals surface area contributed by atoms with Crippen LogP contribution in [0.2, 0.25) is 0 Å². The van der Waals surface area contributed by atoms with Crippen LogP contribution in [0.15, 0.2) is 0 Å². The van der Waals surface area contributed by atoms with Gasteiger partial charge in [-0.1, -0.05) is 0 Å². The number of rotatable bonds is 0. The lowest BCUT2D eigenvalue weighted by Gasteiger charge is -1.63. The second-order valence-electron chi connectivity index (χ2n) is 1.65. The Bertz CT molecular complexity index is 85.8. The van der Waals surface area contributed by atoms with Crippen LogP contribution in [0.5, 0.6) is 0 Å². The molecule has 1 nitrogen and oxygen atoms in total. The van der Waals surface area contributed by atoms with Crippen LogP contribution in [-0.2, 0) is 4.79 Å². The summed E-state index contributed by atoms with van der Waals surface area (Å²) in [5.74, 6) is 2.13. The fraction of sp³-hybridized carbons (Fsp3) is 0.500. The topological polar surface area (TPSA) is 17.1 Å². The molecule has 1 unspecified atom stereocenters. The zero-order valence-corrected chi connectivity index (χ0v) is 2.69. The number of hydrogen-bond acceptors (Lipinski definition) is 1. The molecule has 0 heterocycles. The average Bonchev–Trinajstić information content (AvgIpc) is 2.11. The Morgan fingerprint density at radius 3 is 2.20 bits per heavy atom. The predicted octanol–water partition coefficient (Wildman–Crippen LogP) is 0.163. The number of hydrogen-bond donors (Lipinski definition) is 0. The third-order valence-electron chi connectivity index (χ3n) is 1.23. The molecule has 0 amide bonds. The van der Waals surface area contributed by atoms with Gasteiger partial charge in [-0.05, 0) is 6.42 Å². The summed E-state index contributed by atoms with van der Waals surface area (Å²) in [4.78, 5) is 9.90. The number of carbonyl (C=O) groups excluding carboxylic acids is 1. The second-order valence-corrected chi connectivity index (χ2v) is 1.65. The van der Waals surface area contributed by atoms with Crippen molar-refractivity contribution < 1.29 is 4.79 Å². The molecule has 2 saturated carbocycles. The highest BCUT2D eigenvalue weighted by Crippen LogP contribution is 2.60. The Morgan fingerprint density at radius 1 is 1.80 bits per heavy atom. The first kappa shape index (κ1) is 1.96. The molecule has 2 aliphatic rings. The third kappa shape index (κ3) is 0.0752. The van der Waals surface area contributed by atoms with Gasteiger partial charge in [-0.2, -0.15) is 0 Å². The van der Waals surface area contributed by atoms with E-state index in [2.05, 4.69) is 0 Å². The van der Waals surface area contributed by atoms with Gasteiger partial charge < -0.3 is 0 Å². The van der Waals surface area contributed by atoms with E-state index in [0.29, 0.717) is 11.7 Å². The van der Waals surface area contributed by atoms with Crippen molar-refractivity contribution in [3.8, 4) is 0 Å². The molecule has 2 rings (SSSR count). The highest BCUT2D eigenvalue weighted by Gasteiger charge is 2.65. The summed E-state index contributed by atoms with van der Waals surface area (Å²) >= 11 is 0. The van der Waals surface area contributed by atoms with Crippen LogP contribution in [-0.4, -0.2) is 5.78 Å². The SMILES string of the molecule is O=C1[C]2CC21. The van der Waals surface area contributed by atoms with Gasteiger partial charge in [0.15, 0.2) is 0 Å². The molecule has 2 fully saturated rings. The van der Waals surface area contributed by atoms with Crippen molar-refractivity contribution in [2.75, 3.05) is 0 Å². The fourth-order valence-corrected chi connectivity index (χ4v) is 0.518. The van der Waals surface area contributed by atoms with Gasteiger partial charge in [-0.3, -0.25) is 4.79 Å². The maximum atomic E-state index is 9.90. The van der Waals surface area contributed by atoms with Crippen molar-refractivity contribution in [2.24, 2.45) is 5.92 Å². The van der Waals surface area contributed by atoms with Crippen LogP contribution >= 0.6 is 0 Å². The van der Waals surface area contributed by atoms with E-state index in [0.717, 1.165) is 6.42 Å². The molecule has 5 heavy (non-hydrogen) atoms. The van der Waals surface area contributed by atoms with E-state index in [9.17, 15) is 4.79 Å². The van der Waals surface area contributed by atoms with Gasteiger partial charge in [-0.25, -0.2) is 0 Å². The molecule has 0 N–H and O–H groups in total. The van der Waals surface area contributed by atoms with E-state index >= 15 is 0 Å². The highest BCUT2D eigenvalue weighted by molar-refractivity contribution is 6.21. The highest BCUT2D eigenvalue weighted by atomic mass is 16.1. The van der Waals surface area contributed by atoms with Crippen LogP contribution < -0.4 is 0 Å². The molecule has 1 radical (unpaired) electrons. The van der Waals surface area contributed by atoms with Crippen molar-refractivity contribution in [1.29, 1.82) is 0 Å². The van der Waals surface area contributed by atoms with Crippen LogP contribution in [0.25, 0.3) is 0 Å². The molecule has 0 aromatic heterocycles. The van der Waals surface area contributed by atoms with Crippen molar-refractivity contribution in [3.05, 3.63) is 5.92 Å². The predicted molar refractivity (Wildman–Crippen MR) is 16.4 cm³/mol. The maximum Gasteiger partial charge on any atom is 0.144 e. The Kier molecular flexibility index (Phi) is 0.109. The standard InChI is InChI=1S/C4H3O/c5-4-2-1-3(2)4/h2H,1H2.